The molecule has 1 aromatic carbocycles. The molecule has 0 bridgehead atoms. The van der Waals surface area contributed by atoms with Crippen LogP contribution in [0.1, 0.15) is 24.6 Å². The van der Waals surface area contributed by atoms with E-state index in [2.05, 4.69) is 34.6 Å². The van der Waals surface area contributed by atoms with Crippen LogP contribution in [0.25, 0.3) is 0 Å². The van der Waals surface area contributed by atoms with Gasteiger partial charge >= 0.3 is 0 Å². The molecule has 0 saturated heterocycles. The molecule has 0 spiro atoms. The molecular weight excluding hydrogens is 296 g/mol. The number of anilines is 1. The van der Waals surface area contributed by atoms with Crippen LogP contribution in [0.2, 0.25) is 0 Å². The molecule has 120 valence electrons. The lowest BCUT2D eigenvalue weighted by atomic mass is 10.2. The van der Waals surface area contributed by atoms with E-state index < -0.39 is 0 Å². The Morgan fingerprint density at radius 1 is 1.18 bits per heavy atom. The molecule has 1 N–H and O–H groups in total. The maximum absolute atomic E-state index is 5.76. The molecule has 2 aromatic rings. The van der Waals surface area contributed by atoms with Gasteiger partial charge in [-0.2, -0.15) is 0 Å². The summed E-state index contributed by atoms with van der Waals surface area (Å²) >= 11 is 1.57. The van der Waals surface area contributed by atoms with E-state index in [-0.39, 0.29) is 0 Å². The highest BCUT2D eigenvalue weighted by molar-refractivity contribution is 7.17. The average Bonchev–Trinajstić information content (AvgIpc) is 2.88. The van der Waals surface area contributed by atoms with Crippen LogP contribution in [0.4, 0.5) is 5.13 Å². The predicted octanol–water partition coefficient (Wildman–Crippen LogP) is 3.91. The van der Waals surface area contributed by atoms with Gasteiger partial charge in [-0.05, 0) is 25.8 Å². The minimum atomic E-state index is 0.673. The molecule has 0 unspecified atom stereocenters. The van der Waals surface area contributed by atoms with Crippen LogP contribution in [0.5, 0.6) is 5.06 Å². The first kappa shape index (κ1) is 16.8. The van der Waals surface area contributed by atoms with Crippen molar-refractivity contribution in [3.05, 3.63) is 41.6 Å². The predicted molar refractivity (Wildman–Crippen MR) is 92.1 cm³/mol. The van der Waals surface area contributed by atoms with E-state index >= 15 is 0 Å². The van der Waals surface area contributed by atoms with Gasteiger partial charge in [0.2, 0.25) is 0 Å². The number of ether oxygens (including phenoxy) is 2. The Bertz CT molecular complexity index is 543. The molecule has 2 rings (SSSR count). The number of hydrogen-bond acceptors (Lipinski definition) is 5. The van der Waals surface area contributed by atoms with Crippen LogP contribution >= 0.6 is 11.3 Å². The zero-order valence-corrected chi connectivity index (χ0v) is 14.1. The van der Waals surface area contributed by atoms with Gasteiger partial charge in [-0.1, -0.05) is 41.7 Å². The maximum atomic E-state index is 5.76. The third-order valence-electron chi connectivity index (χ3n) is 3.16. The molecule has 4 nitrogen and oxygen atoms in total. The van der Waals surface area contributed by atoms with Gasteiger partial charge in [0, 0.05) is 26.2 Å². The summed E-state index contributed by atoms with van der Waals surface area (Å²) in [7, 11) is 0. The number of nitrogens with one attached hydrogen (secondary N) is 1. The quantitative estimate of drug-likeness (QED) is 0.674. The minimum Gasteiger partial charge on any atom is -0.482 e. The molecule has 5 heteroatoms. The van der Waals surface area contributed by atoms with Gasteiger partial charge < -0.3 is 14.8 Å². The van der Waals surface area contributed by atoms with Crippen LogP contribution in [-0.4, -0.2) is 31.3 Å². The van der Waals surface area contributed by atoms with Crippen LogP contribution in [0, 0.1) is 6.92 Å². The first-order valence-electron chi connectivity index (χ1n) is 7.75. The number of aromatic nitrogens is 1. The summed E-state index contributed by atoms with van der Waals surface area (Å²) in [5.74, 6) is 0. The monoisotopic (exact) mass is 320 g/mol. The Morgan fingerprint density at radius 2 is 2.00 bits per heavy atom. The topological polar surface area (TPSA) is 43.4 Å². The molecule has 0 amide bonds. The van der Waals surface area contributed by atoms with Crippen LogP contribution in [0.15, 0.2) is 30.3 Å². The lowest BCUT2D eigenvalue weighted by Crippen LogP contribution is -2.04. The van der Waals surface area contributed by atoms with Crippen molar-refractivity contribution in [1.82, 2.24) is 4.98 Å². The maximum Gasteiger partial charge on any atom is 0.198 e. The van der Waals surface area contributed by atoms with Gasteiger partial charge in [0.1, 0.15) is 0 Å². The van der Waals surface area contributed by atoms with E-state index in [0.717, 1.165) is 48.5 Å². The molecular formula is C17H24N2O2S. The molecule has 0 aliphatic rings. The van der Waals surface area contributed by atoms with Crippen LogP contribution < -0.4 is 10.1 Å². The number of thiazole rings is 1. The summed E-state index contributed by atoms with van der Waals surface area (Å²) in [5.41, 5.74) is 2.28. The largest absolute Gasteiger partial charge is 0.482 e. The highest BCUT2D eigenvalue weighted by atomic mass is 32.1. The normalized spacial score (nSPS) is 10.6. The summed E-state index contributed by atoms with van der Waals surface area (Å²) in [4.78, 5) is 4.51. The first-order valence-corrected chi connectivity index (χ1v) is 8.57. The van der Waals surface area contributed by atoms with E-state index in [1.807, 2.05) is 19.9 Å². The smallest absolute Gasteiger partial charge is 0.198 e. The Kier molecular flexibility index (Phi) is 7.19. The molecule has 22 heavy (non-hydrogen) atoms. The third-order valence-corrected chi connectivity index (χ3v) is 4.18. The van der Waals surface area contributed by atoms with Crippen molar-refractivity contribution >= 4 is 16.5 Å². The van der Waals surface area contributed by atoms with Gasteiger partial charge in [-0.3, -0.25) is 0 Å². The summed E-state index contributed by atoms with van der Waals surface area (Å²) in [6.07, 6.45) is 1.89. The Labute approximate surface area is 136 Å². The van der Waals surface area contributed by atoms with Crippen molar-refractivity contribution in [3.8, 4) is 5.06 Å². The number of benzene rings is 1. The standard InChI is InChI=1S/C17H24N2O2S/c1-3-20-12-7-13-21-16-14(2)19-17(22-16)18-11-10-15-8-5-4-6-9-15/h4-6,8-9H,3,7,10-13H2,1-2H3,(H,18,19). The summed E-state index contributed by atoms with van der Waals surface area (Å²) in [6.45, 7) is 7.04. The number of aryl methyl sites for hydroxylation is 1. The summed E-state index contributed by atoms with van der Waals surface area (Å²) in [6, 6.07) is 10.5. The Balaban J connectivity index is 1.72. The highest BCUT2D eigenvalue weighted by Crippen LogP contribution is 2.30. The van der Waals surface area contributed by atoms with E-state index in [1.165, 1.54) is 5.56 Å². The summed E-state index contributed by atoms with van der Waals surface area (Å²) in [5, 5.41) is 5.19. The van der Waals surface area contributed by atoms with Crippen molar-refractivity contribution in [2.75, 3.05) is 31.7 Å². The second-order valence-electron chi connectivity index (χ2n) is 4.95. The molecule has 0 fully saturated rings. The number of hydrogen-bond donors (Lipinski definition) is 1. The van der Waals surface area contributed by atoms with Crippen molar-refractivity contribution in [1.29, 1.82) is 0 Å². The molecule has 0 atom stereocenters. The molecule has 0 radical (unpaired) electrons. The van der Waals surface area contributed by atoms with Crippen molar-refractivity contribution < 1.29 is 9.47 Å². The second kappa shape index (κ2) is 9.43. The Hall–Kier alpha value is -1.59. The molecule has 0 aliphatic carbocycles. The van der Waals surface area contributed by atoms with Crippen molar-refractivity contribution in [2.45, 2.75) is 26.7 Å². The van der Waals surface area contributed by atoms with E-state index in [0.29, 0.717) is 6.61 Å². The SMILES string of the molecule is CCOCCCOc1sc(NCCc2ccccc2)nc1C. The fraction of sp³-hybridized carbons (Fsp3) is 0.471. The Morgan fingerprint density at radius 3 is 2.77 bits per heavy atom. The zero-order valence-electron chi connectivity index (χ0n) is 13.3. The van der Waals surface area contributed by atoms with Gasteiger partial charge in [0.05, 0.1) is 12.3 Å². The first-order chi connectivity index (χ1) is 10.8. The van der Waals surface area contributed by atoms with E-state index in [1.54, 1.807) is 11.3 Å². The van der Waals surface area contributed by atoms with Gasteiger partial charge in [0.15, 0.2) is 10.2 Å². The summed E-state index contributed by atoms with van der Waals surface area (Å²) < 4.78 is 11.1. The molecule has 1 aromatic heterocycles. The zero-order chi connectivity index (χ0) is 15.6. The molecule has 1 heterocycles. The van der Waals surface area contributed by atoms with Gasteiger partial charge in [-0.25, -0.2) is 4.98 Å². The number of rotatable bonds is 10. The number of nitrogens with zero attached hydrogens (tertiary/aromatic N) is 1. The van der Waals surface area contributed by atoms with Crippen LogP contribution in [-0.2, 0) is 11.2 Å². The fourth-order valence-electron chi connectivity index (χ4n) is 2.02. The second-order valence-corrected chi connectivity index (χ2v) is 5.91. The minimum absolute atomic E-state index is 0.673. The highest BCUT2D eigenvalue weighted by Gasteiger charge is 2.08. The van der Waals surface area contributed by atoms with Crippen molar-refractivity contribution in [2.24, 2.45) is 0 Å². The molecule has 0 saturated carbocycles. The lowest BCUT2D eigenvalue weighted by molar-refractivity contribution is 0.131. The molecule has 0 aliphatic heterocycles. The van der Waals surface area contributed by atoms with Crippen molar-refractivity contribution in [3.63, 3.8) is 0 Å². The van der Waals surface area contributed by atoms with Gasteiger partial charge in [0.25, 0.3) is 0 Å². The van der Waals surface area contributed by atoms with Crippen LogP contribution in [0.3, 0.4) is 0 Å². The van der Waals surface area contributed by atoms with E-state index in [4.69, 9.17) is 9.47 Å². The third kappa shape index (κ3) is 5.66. The lowest BCUT2D eigenvalue weighted by Gasteiger charge is -2.04. The van der Waals surface area contributed by atoms with Gasteiger partial charge in [-0.15, -0.1) is 0 Å². The average molecular weight is 320 g/mol. The fourth-order valence-corrected chi connectivity index (χ4v) is 2.89. The van der Waals surface area contributed by atoms with E-state index in [9.17, 15) is 0 Å².